The molecule has 6 rings (SSSR count). The van der Waals surface area contributed by atoms with Gasteiger partial charge < -0.3 is 19.9 Å². The second-order valence-corrected chi connectivity index (χ2v) is 12.5. The molecule has 0 fully saturated rings. The van der Waals surface area contributed by atoms with Gasteiger partial charge in [-0.25, -0.2) is 14.8 Å². The lowest BCUT2D eigenvalue weighted by Crippen LogP contribution is -2.21. The first-order chi connectivity index (χ1) is 22.7. The number of benzene rings is 3. The molecule has 0 saturated carbocycles. The molecule has 2 amide bonds. The third kappa shape index (κ3) is 7.41. The van der Waals surface area contributed by atoms with Crippen molar-refractivity contribution >= 4 is 39.9 Å². The summed E-state index contributed by atoms with van der Waals surface area (Å²) in [5.41, 5.74) is 5.72. The topological polar surface area (TPSA) is 106 Å². The standard InChI is InChI=1S/C38H39N7O2/c1-6-28-21-39-22-35(41-28)43-34-19-26(17-18-40-34)24-47-33-16-15-32(30-9-7-8-10-31(30)33)42-37(46)44-36-20-27(38(3,4)5)23-45(36)29-13-11-25(2)12-14-29/h7-23H,6,24H2,1-5H3,(H,40,41,43)(H2,42,44,46). The van der Waals surface area contributed by atoms with Crippen LogP contribution in [0.25, 0.3) is 16.5 Å². The Balaban J connectivity index is 1.18. The van der Waals surface area contributed by atoms with E-state index in [0.29, 0.717) is 35.5 Å². The second kappa shape index (κ2) is 13.3. The highest BCUT2D eigenvalue weighted by Crippen LogP contribution is 2.33. The van der Waals surface area contributed by atoms with Crippen molar-refractivity contribution in [2.24, 2.45) is 0 Å². The lowest BCUT2D eigenvalue weighted by Gasteiger charge is -2.15. The predicted octanol–water partition coefficient (Wildman–Crippen LogP) is 8.95. The number of anilines is 4. The van der Waals surface area contributed by atoms with E-state index >= 15 is 0 Å². The molecule has 0 aliphatic carbocycles. The minimum Gasteiger partial charge on any atom is -0.488 e. The Morgan fingerprint density at radius 1 is 0.894 bits per heavy atom. The number of aromatic nitrogens is 4. The van der Waals surface area contributed by atoms with Crippen LogP contribution >= 0.6 is 0 Å². The smallest absolute Gasteiger partial charge is 0.324 e. The van der Waals surface area contributed by atoms with Gasteiger partial charge in [-0.05, 0) is 72.4 Å². The summed E-state index contributed by atoms with van der Waals surface area (Å²) in [6.45, 7) is 10.9. The van der Waals surface area contributed by atoms with Gasteiger partial charge in [-0.2, -0.15) is 0 Å². The summed E-state index contributed by atoms with van der Waals surface area (Å²) in [5.74, 6) is 2.71. The van der Waals surface area contributed by atoms with Crippen LogP contribution in [0.1, 0.15) is 50.1 Å². The van der Waals surface area contributed by atoms with Crippen LogP contribution in [0.5, 0.6) is 5.75 Å². The van der Waals surface area contributed by atoms with Gasteiger partial charge in [-0.15, -0.1) is 0 Å². The number of amides is 2. The number of carbonyl (C=O) groups excluding carboxylic acids is 1. The molecule has 0 saturated heterocycles. The van der Waals surface area contributed by atoms with E-state index in [1.807, 2.05) is 66.1 Å². The minimum absolute atomic E-state index is 0.0848. The molecule has 47 heavy (non-hydrogen) atoms. The Bertz CT molecular complexity index is 2030. The van der Waals surface area contributed by atoms with Crippen molar-refractivity contribution in [3.8, 4) is 11.4 Å². The molecule has 9 nitrogen and oxygen atoms in total. The number of ether oxygens (including phenoxy) is 1. The van der Waals surface area contributed by atoms with E-state index in [9.17, 15) is 4.79 Å². The number of hydrogen-bond acceptors (Lipinski definition) is 6. The van der Waals surface area contributed by atoms with Crippen molar-refractivity contribution in [2.75, 3.05) is 16.0 Å². The summed E-state index contributed by atoms with van der Waals surface area (Å²) in [6.07, 6.45) is 8.06. The number of nitrogens with zero attached hydrogens (tertiary/aromatic N) is 4. The molecule has 3 aromatic heterocycles. The van der Waals surface area contributed by atoms with Gasteiger partial charge in [0.1, 0.15) is 29.8 Å². The lowest BCUT2D eigenvalue weighted by atomic mass is 9.89. The number of urea groups is 1. The molecule has 3 aromatic carbocycles. The minimum atomic E-state index is -0.332. The third-order valence-electron chi connectivity index (χ3n) is 7.89. The van der Waals surface area contributed by atoms with Crippen molar-refractivity contribution in [1.29, 1.82) is 0 Å². The molecule has 0 aliphatic rings. The molecule has 0 radical (unpaired) electrons. The molecule has 0 spiro atoms. The molecule has 0 aliphatic heterocycles. The average molecular weight is 626 g/mol. The van der Waals surface area contributed by atoms with Gasteiger partial charge in [-0.1, -0.05) is 69.7 Å². The molecule has 238 valence electrons. The molecular weight excluding hydrogens is 586 g/mol. The van der Waals surface area contributed by atoms with E-state index < -0.39 is 0 Å². The number of hydrogen-bond donors (Lipinski definition) is 3. The van der Waals surface area contributed by atoms with E-state index in [0.717, 1.165) is 39.7 Å². The Morgan fingerprint density at radius 2 is 1.68 bits per heavy atom. The van der Waals surface area contributed by atoms with Gasteiger partial charge in [-0.3, -0.25) is 10.3 Å². The predicted molar refractivity (Wildman–Crippen MR) is 189 cm³/mol. The zero-order chi connectivity index (χ0) is 33.0. The maximum Gasteiger partial charge on any atom is 0.324 e. The Kier molecular flexibility index (Phi) is 8.88. The third-order valence-corrected chi connectivity index (χ3v) is 7.89. The number of pyridine rings is 1. The summed E-state index contributed by atoms with van der Waals surface area (Å²) >= 11 is 0. The van der Waals surface area contributed by atoms with Gasteiger partial charge in [0.2, 0.25) is 0 Å². The summed E-state index contributed by atoms with van der Waals surface area (Å²) in [6, 6.07) is 25.4. The first-order valence-corrected chi connectivity index (χ1v) is 15.7. The summed E-state index contributed by atoms with van der Waals surface area (Å²) in [7, 11) is 0. The van der Waals surface area contributed by atoms with Crippen molar-refractivity contribution in [3.05, 3.63) is 126 Å². The van der Waals surface area contributed by atoms with Crippen LogP contribution in [0, 0.1) is 6.92 Å². The number of carbonyl (C=O) groups is 1. The van der Waals surface area contributed by atoms with E-state index in [1.54, 1.807) is 18.6 Å². The SMILES string of the molecule is CCc1cncc(Nc2cc(COc3ccc(NC(=O)Nc4cc(C(C)(C)C)cn4-c4ccc(C)cc4)c4ccccc34)ccn2)n1. The van der Waals surface area contributed by atoms with Crippen molar-refractivity contribution < 1.29 is 9.53 Å². The summed E-state index contributed by atoms with van der Waals surface area (Å²) in [4.78, 5) is 26.6. The van der Waals surface area contributed by atoms with Gasteiger partial charge in [0.25, 0.3) is 0 Å². The fourth-order valence-corrected chi connectivity index (χ4v) is 5.23. The number of fused-ring (bicyclic) bond motifs is 1. The monoisotopic (exact) mass is 625 g/mol. The molecule has 3 heterocycles. The first kappa shape index (κ1) is 31.3. The second-order valence-electron chi connectivity index (χ2n) is 12.5. The highest BCUT2D eigenvalue weighted by Gasteiger charge is 2.20. The van der Waals surface area contributed by atoms with Crippen LogP contribution in [0.2, 0.25) is 0 Å². The van der Waals surface area contributed by atoms with Gasteiger partial charge in [0, 0.05) is 35.1 Å². The summed E-state index contributed by atoms with van der Waals surface area (Å²) in [5, 5.41) is 11.1. The van der Waals surface area contributed by atoms with Crippen LogP contribution in [0.3, 0.4) is 0 Å². The zero-order valence-electron chi connectivity index (χ0n) is 27.3. The normalized spacial score (nSPS) is 11.3. The average Bonchev–Trinajstić information content (AvgIpc) is 3.49. The summed E-state index contributed by atoms with van der Waals surface area (Å²) < 4.78 is 8.31. The van der Waals surface area contributed by atoms with Gasteiger partial charge in [0.05, 0.1) is 17.6 Å². The lowest BCUT2D eigenvalue weighted by molar-refractivity contribution is 0.262. The van der Waals surface area contributed by atoms with Crippen LogP contribution in [-0.2, 0) is 18.4 Å². The van der Waals surface area contributed by atoms with Crippen LogP contribution in [-0.4, -0.2) is 25.6 Å². The Morgan fingerprint density at radius 3 is 2.45 bits per heavy atom. The molecular formula is C38H39N7O2. The number of aryl methyl sites for hydroxylation is 2. The molecule has 6 aromatic rings. The van der Waals surface area contributed by atoms with Crippen LogP contribution in [0.4, 0.5) is 27.9 Å². The number of nitrogens with one attached hydrogen (secondary N) is 3. The molecule has 9 heteroatoms. The van der Waals surface area contributed by atoms with Crippen LogP contribution < -0.4 is 20.7 Å². The Labute approximate surface area is 275 Å². The van der Waals surface area contributed by atoms with Crippen LogP contribution in [0.15, 0.2) is 104 Å². The largest absolute Gasteiger partial charge is 0.488 e. The van der Waals surface area contributed by atoms with Crippen molar-refractivity contribution in [1.82, 2.24) is 19.5 Å². The fourth-order valence-electron chi connectivity index (χ4n) is 5.23. The van der Waals surface area contributed by atoms with Gasteiger partial charge >= 0.3 is 6.03 Å². The van der Waals surface area contributed by atoms with E-state index in [2.05, 4.69) is 89.1 Å². The maximum absolute atomic E-state index is 13.4. The first-order valence-electron chi connectivity index (χ1n) is 15.7. The molecule has 0 atom stereocenters. The van der Waals surface area contributed by atoms with Gasteiger partial charge in [0.15, 0.2) is 0 Å². The molecule has 0 unspecified atom stereocenters. The number of rotatable bonds is 9. The zero-order valence-corrected chi connectivity index (χ0v) is 27.3. The highest BCUT2D eigenvalue weighted by atomic mass is 16.5. The van der Waals surface area contributed by atoms with E-state index in [1.165, 1.54) is 5.56 Å². The van der Waals surface area contributed by atoms with Crippen molar-refractivity contribution in [3.63, 3.8) is 0 Å². The molecule has 3 N–H and O–H groups in total. The quantitative estimate of drug-likeness (QED) is 0.148. The Hall–Kier alpha value is -5.70. The highest BCUT2D eigenvalue weighted by molar-refractivity contribution is 6.07. The maximum atomic E-state index is 13.4. The van der Waals surface area contributed by atoms with E-state index in [4.69, 9.17) is 4.74 Å². The van der Waals surface area contributed by atoms with E-state index in [-0.39, 0.29) is 11.4 Å². The van der Waals surface area contributed by atoms with Crippen molar-refractivity contribution in [2.45, 2.75) is 53.1 Å². The molecule has 0 bridgehead atoms. The fraction of sp³-hybridized carbons (Fsp3) is 0.211.